The summed E-state index contributed by atoms with van der Waals surface area (Å²) >= 11 is 0. The van der Waals surface area contributed by atoms with Gasteiger partial charge in [0.1, 0.15) is 6.33 Å². The number of piperidine rings is 1. The van der Waals surface area contributed by atoms with E-state index in [-0.39, 0.29) is 11.4 Å². The quantitative estimate of drug-likeness (QED) is 0.751. The maximum atomic E-state index is 12.8. The number of amides is 1. The summed E-state index contributed by atoms with van der Waals surface area (Å²) in [5, 5.41) is 6.81. The molecule has 27 heavy (non-hydrogen) atoms. The Labute approximate surface area is 158 Å². The number of nitrogens with zero attached hydrogens (tertiary/aromatic N) is 2. The average Bonchev–Trinajstić information content (AvgIpc) is 3.38. The van der Waals surface area contributed by atoms with Gasteiger partial charge in [-0.15, -0.1) is 0 Å². The van der Waals surface area contributed by atoms with Gasteiger partial charge in [0.05, 0.1) is 11.0 Å². The average molecular weight is 360 g/mol. The SMILES string of the molecule is O=C(NC1(C2CCCNC2)CC1)c1ccc(-n2cnc3ccccc32)cc1. The molecule has 5 heteroatoms. The van der Waals surface area contributed by atoms with Gasteiger partial charge < -0.3 is 10.6 Å². The first-order chi connectivity index (χ1) is 13.3. The van der Waals surface area contributed by atoms with Gasteiger partial charge in [-0.1, -0.05) is 12.1 Å². The molecule has 1 aliphatic heterocycles. The lowest BCUT2D eigenvalue weighted by molar-refractivity contribution is 0.0906. The Morgan fingerprint density at radius 1 is 1.15 bits per heavy atom. The van der Waals surface area contributed by atoms with E-state index in [2.05, 4.69) is 21.7 Å². The van der Waals surface area contributed by atoms with Crippen LogP contribution in [0.2, 0.25) is 0 Å². The molecule has 0 spiro atoms. The molecular weight excluding hydrogens is 336 g/mol. The van der Waals surface area contributed by atoms with E-state index in [1.165, 1.54) is 12.8 Å². The zero-order chi connectivity index (χ0) is 18.3. The van der Waals surface area contributed by atoms with Crippen LogP contribution in [-0.4, -0.2) is 34.1 Å². The highest BCUT2D eigenvalue weighted by Gasteiger charge is 2.50. The molecule has 1 aromatic heterocycles. The molecular formula is C22H24N4O. The van der Waals surface area contributed by atoms with E-state index in [0.717, 1.165) is 48.2 Å². The minimum atomic E-state index is 0.0176. The number of carbonyl (C=O) groups is 1. The van der Waals surface area contributed by atoms with Crippen molar-refractivity contribution in [2.45, 2.75) is 31.2 Å². The van der Waals surface area contributed by atoms with E-state index < -0.39 is 0 Å². The lowest BCUT2D eigenvalue weighted by Crippen LogP contribution is -2.48. The number of nitrogens with one attached hydrogen (secondary N) is 2. The Morgan fingerprint density at radius 3 is 2.70 bits per heavy atom. The van der Waals surface area contributed by atoms with Crippen LogP contribution in [0.5, 0.6) is 0 Å². The van der Waals surface area contributed by atoms with Crippen molar-refractivity contribution in [3.63, 3.8) is 0 Å². The molecule has 2 aromatic carbocycles. The molecule has 0 radical (unpaired) electrons. The highest BCUT2D eigenvalue weighted by molar-refractivity contribution is 5.95. The highest BCUT2D eigenvalue weighted by Crippen LogP contribution is 2.45. The van der Waals surface area contributed by atoms with Gasteiger partial charge in [0.2, 0.25) is 0 Å². The van der Waals surface area contributed by atoms with Gasteiger partial charge in [0.25, 0.3) is 5.91 Å². The van der Waals surface area contributed by atoms with Crippen molar-refractivity contribution in [1.29, 1.82) is 0 Å². The Hall–Kier alpha value is -2.66. The summed E-state index contributed by atoms with van der Waals surface area (Å²) in [5.41, 5.74) is 3.78. The van der Waals surface area contributed by atoms with Gasteiger partial charge in [-0.2, -0.15) is 0 Å². The van der Waals surface area contributed by atoms with Gasteiger partial charge >= 0.3 is 0 Å². The Balaban J connectivity index is 1.33. The first-order valence-electron chi connectivity index (χ1n) is 9.81. The van der Waals surface area contributed by atoms with Crippen molar-refractivity contribution in [2.75, 3.05) is 13.1 Å². The molecule has 1 aliphatic carbocycles. The number of para-hydroxylation sites is 2. The van der Waals surface area contributed by atoms with Crippen molar-refractivity contribution in [1.82, 2.24) is 20.2 Å². The normalized spacial score (nSPS) is 21.1. The van der Waals surface area contributed by atoms with Gasteiger partial charge in [0.15, 0.2) is 0 Å². The zero-order valence-corrected chi connectivity index (χ0v) is 15.3. The van der Waals surface area contributed by atoms with Gasteiger partial charge in [-0.05, 0) is 74.5 Å². The summed E-state index contributed by atoms with van der Waals surface area (Å²) in [4.78, 5) is 17.2. The summed E-state index contributed by atoms with van der Waals surface area (Å²) in [6.45, 7) is 2.12. The number of hydrogen-bond acceptors (Lipinski definition) is 3. The third-order valence-corrected chi connectivity index (χ3v) is 6.09. The van der Waals surface area contributed by atoms with Gasteiger partial charge in [-0.25, -0.2) is 4.98 Å². The molecule has 1 atom stereocenters. The number of rotatable bonds is 4. The maximum Gasteiger partial charge on any atom is 0.251 e. The number of carbonyl (C=O) groups excluding carboxylic acids is 1. The Morgan fingerprint density at radius 2 is 1.96 bits per heavy atom. The smallest absolute Gasteiger partial charge is 0.251 e. The lowest BCUT2D eigenvalue weighted by atomic mass is 9.89. The summed E-state index contributed by atoms with van der Waals surface area (Å²) in [6, 6.07) is 15.9. The lowest BCUT2D eigenvalue weighted by Gasteiger charge is -2.31. The second kappa shape index (κ2) is 6.50. The molecule has 3 aromatic rings. The van der Waals surface area contributed by atoms with Crippen LogP contribution in [0.3, 0.4) is 0 Å². The topological polar surface area (TPSA) is 59.0 Å². The van der Waals surface area contributed by atoms with Crippen molar-refractivity contribution < 1.29 is 4.79 Å². The van der Waals surface area contributed by atoms with Crippen LogP contribution in [0.15, 0.2) is 54.9 Å². The van der Waals surface area contributed by atoms with E-state index in [0.29, 0.717) is 5.92 Å². The number of imidazole rings is 1. The summed E-state index contributed by atoms with van der Waals surface area (Å²) in [6.07, 6.45) is 6.44. The van der Waals surface area contributed by atoms with Crippen LogP contribution in [0.25, 0.3) is 16.7 Å². The standard InChI is InChI=1S/C22H24N4O/c27-21(25-22(11-12-22)17-4-3-13-23-14-17)16-7-9-18(10-8-16)26-15-24-19-5-1-2-6-20(19)26/h1-2,5-10,15,17,23H,3-4,11-14H2,(H,25,27). The molecule has 1 amide bonds. The molecule has 0 bridgehead atoms. The molecule has 1 saturated carbocycles. The molecule has 2 heterocycles. The first kappa shape index (κ1) is 16.5. The van der Waals surface area contributed by atoms with Crippen LogP contribution in [0.1, 0.15) is 36.0 Å². The van der Waals surface area contributed by atoms with E-state index >= 15 is 0 Å². The molecule has 5 nitrogen and oxygen atoms in total. The Kier molecular flexibility index (Phi) is 3.97. The summed E-state index contributed by atoms with van der Waals surface area (Å²) in [5.74, 6) is 0.604. The minimum absolute atomic E-state index is 0.0176. The molecule has 5 rings (SSSR count). The minimum Gasteiger partial charge on any atom is -0.346 e. The Bertz CT molecular complexity index is 965. The monoisotopic (exact) mass is 360 g/mol. The van der Waals surface area contributed by atoms with Crippen molar-refractivity contribution in [2.24, 2.45) is 5.92 Å². The van der Waals surface area contributed by atoms with Crippen LogP contribution < -0.4 is 10.6 Å². The van der Waals surface area contributed by atoms with Crippen LogP contribution >= 0.6 is 0 Å². The zero-order valence-electron chi connectivity index (χ0n) is 15.3. The fraction of sp³-hybridized carbons (Fsp3) is 0.364. The number of fused-ring (bicyclic) bond motifs is 1. The van der Waals surface area contributed by atoms with Crippen molar-refractivity contribution in [3.8, 4) is 5.69 Å². The van der Waals surface area contributed by atoms with E-state index in [4.69, 9.17) is 0 Å². The number of benzene rings is 2. The molecule has 1 saturated heterocycles. The predicted molar refractivity (Wildman–Crippen MR) is 106 cm³/mol. The van der Waals surface area contributed by atoms with E-state index in [1.807, 2.05) is 53.4 Å². The van der Waals surface area contributed by atoms with Gasteiger partial charge in [0, 0.05) is 23.3 Å². The largest absolute Gasteiger partial charge is 0.346 e. The fourth-order valence-corrected chi connectivity index (χ4v) is 4.33. The fourth-order valence-electron chi connectivity index (χ4n) is 4.33. The molecule has 2 aliphatic rings. The third kappa shape index (κ3) is 3.02. The van der Waals surface area contributed by atoms with E-state index in [1.54, 1.807) is 0 Å². The first-order valence-corrected chi connectivity index (χ1v) is 9.81. The van der Waals surface area contributed by atoms with E-state index in [9.17, 15) is 4.79 Å². The number of aromatic nitrogens is 2. The maximum absolute atomic E-state index is 12.8. The third-order valence-electron chi connectivity index (χ3n) is 6.09. The molecule has 138 valence electrons. The highest BCUT2D eigenvalue weighted by atomic mass is 16.1. The molecule has 2 N–H and O–H groups in total. The summed E-state index contributed by atoms with van der Waals surface area (Å²) in [7, 11) is 0. The van der Waals surface area contributed by atoms with Crippen LogP contribution in [0.4, 0.5) is 0 Å². The van der Waals surface area contributed by atoms with Crippen molar-refractivity contribution in [3.05, 3.63) is 60.4 Å². The van der Waals surface area contributed by atoms with Crippen molar-refractivity contribution >= 4 is 16.9 Å². The molecule has 2 fully saturated rings. The second-order valence-corrected chi connectivity index (χ2v) is 7.80. The van der Waals surface area contributed by atoms with Crippen LogP contribution in [-0.2, 0) is 0 Å². The van der Waals surface area contributed by atoms with Gasteiger partial charge in [-0.3, -0.25) is 9.36 Å². The second-order valence-electron chi connectivity index (χ2n) is 7.80. The molecule has 1 unspecified atom stereocenters. The number of hydrogen-bond donors (Lipinski definition) is 2. The summed E-state index contributed by atoms with van der Waals surface area (Å²) < 4.78 is 2.05. The van der Waals surface area contributed by atoms with Crippen LogP contribution in [0, 0.1) is 5.92 Å². The predicted octanol–water partition coefficient (Wildman–Crippen LogP) is 3.29.